The molecule has 3 N–H and O–H groups in total. The molecule has 1 atom stereocenters. The first kappa shape index (κ1) is 17.3. The molecule has 3 aromatic rings. The summed E-state index contributed by atoms with van der Waals surface area (Å²) in [5.41, 5.74) is 3.84. The van der Waals surface area contributed by atoms with Crippen LogP contribution < -0.4 is 5.48 Å². The van der Waals surface area contributed by atoms with Gasteiger partial charge in [-0.15, -0.1) is 5.10 Å². The van der Waals surface area contributed by atoms with Crippen molar-refractivity contribution in [1.82, 2.24) is 30.4 Å². The van der Waals surface area contributed by atoms with Crippen LogP contribution in [0.1, 0.15) is 31.4 Å². The van der Waals surface area contributed by atoms with Crippen LogP contribution in [0.25, 0.3) is 17.1 Å². The number of rotatable bonds is 5. The van der Waals surface area contributed by atoms with E-state index in [0.29, 0.717) is 5.69 Å². The number of hydrogen-bond acceptors (Lipinski definition) is 5. The van der Waals surface area contributed by atoms with E-state index in [1.54, 1.807) is 10.9 Å². The Labute approximate surface area is 152 Å². The number of carbonyl (C=O) groups is 1. The monoisotopic (exact) mass is 404 g/mol. The number of hydroxylamine groups is 1. The third-order valence-electron chi connectivity index (χ3n) is 3.72. The van der Waals surface area contributed by atoms with E-state index < -0.39 is 5.91 Å². The van der Waals surface area contributed by atoms with Crippen LogP contribution in [-0.2, 0) is 4.79 Å². The van der Waals surface area contributed by atoms with Crippen LogP contribution in [0.4, 0.5) is 0 Å². The number of nitrogens with zero attached hydrogens (tertiary/aromatic N) is 4. The highest BCUT2D eigenvalue weighted by molar-refractivity contribution is 9.10. The normalized spacial score (nSPS) is 13.0. The van der Waals surface area contributed by atoms with Crippen LogP contribution in [0.5, 0.6) is 0 Å². The summed E-state index contributed by atoms with van der Waals surface area (Å²) in [7, 11) is 0. The summed E-state index contributed by atoms with van der Waals surface area (Å²) in [5.74, 6) is 0.362. The minimum absolute atomic E-state index is 0.138. The first-order valence-corrected chi connectivity index (χ1v) is 8.47. The molecule has 1 aromatic carbocycles. The predicted molar refractivity (Wildman–Crippen MR) is 95.8 cm³/mol. The Morgan fingerprint density at radius 3 is 2.92 bits per heavy atom. The van der Waals surface area contributed by atoms with E-state index in [0.717, 1.165) is 21.3 Å². The molecule has 0 aliphatic heterocycles. The van der Waals surface area contributed by atoms with Crippen molar-refractivity contribution in [2.45, 2.75) is 19.9 Å². The van der Waals surface area contributed by atoms with E-state index >= 15 is 0 Å². The van der Waals surface area contributed by atoms with Crippen LogP contribution in [0.3, 0.4) is 0 Å². The number of para-hydroxylation sites is 1. The van der Waals surface area contributed by atoms with Crippen LogP contribution in [0, 0.1) is 5.92 Å². The lowest BCUT2D eigenvalue weighted by Crippen LogP contribution is -2.18. The number of halogens is 1. The number of imidazole rings is 1. The fourth-order valence-corrected chi connectivity index (χ4v) is 3.06. The lowest BCUT2D eigenvalue weighted by molar-refractivity contribution is -0.124. The molecule has 0 aliphatic carbocycles. The van der Waals surface area contributed by atoms with E-state index in [1.807, 2.05) is 18.2 Å². The largest absolute Gasteiger partial charge is 0.340 e. The Hall–Kier alpha value is -2.52. The van der Waals surface area contributed by atoms with Crippen molar-refractivity contribution in [2.75, 3.05) is 0 Å². The summed E-state index contributed by atoms with van der Waals surface area (Å²) in [4.78, 5) is 19.1. The molecule has 2 aromatic heterocycles. The number of benzene rings is 1. The summed E-state index contributed by atoms with van der Waals surface area (Å²) in [5, 5.41) is 16.7. The molecule has 25 heavy (non-hydrogen) atoms. The first-order valence-electron chi connectivity index (χ1n) is 7.67. The molecule has 1 amide bonds. The fraction of sp³-hybridized carbons (Fsp3) is 0.250. The molecular weight excluding hydrogens is 388 g/mol. The van der Waals surface area contributed by atoms with Crippen LogP contribution in [0.2, 0.25) is 0 Å². The van der Waals surface area contributed by atoms with Crippen molar-refractivity contribution in [3.05, 3.63) is 46.5 Å². The second-order valence-electron chi connectivity index (χ2n) is 5.88. The summed E-state index contributed by atoms with van der Waals surface area (Å²) in [6.45, 7) is 4.15. The van der Waals surface area contributed by atoms with Gasteiger partial charge in [-0.2, -0.15) is 0 Å². The number of aromatic amines is 1. The number of amides is 1. The van der Waals surface area contributed by atoms with Gasteiger partial charge >= 0.3 is 0 Å². The number of fused-ring (bicyclic) bond motifs is 1. The third kappa shape index (κ3) is 3.62. The quantitative estimate of drug-likeness (QED) is 0.344. The zero-order valence-corrected chi connectivity index (χ0v) is 15.2. The Morgan fingerprint density at radius 1 is 1.44 bits per heavy atom. The molecule has 0 spiro atoms. The SMILES string of the molecule is CC(C)C(c1nc2c(Br)cccc2[nH]1)n1cc(C=CC(=O)NO)nn1. The molecule has 130 valence electrons. The van der Waals surface area contributed by atoms with Gasteiger partial charge in [-0.25, -0.2) is 15.1 Å². The molecule has 0 radical (unpaired) electrons. The second kappa shape index (κ2) is 7.16. The minimum atomic E-state index is -0.628. The standard InChI is InChI=1S/C16H17BrN6O2/c1-9(2)15(16-18-12-5-3-4-11(17)14(12)19-16)23-8-10(20-22-23)6-7-13(24)21-25/h3-9,15,25H,1-2H3,(H,18,19)(H,21,24). The Bertz CT molecular complexity index is 930. The van der Waals surface area contributed by atoms with Crippen molar-refractivity contribution in [1.29, 1.82) is 0 Å². The summed E-state index contributed by atoms with van der Waals surface area (Å²) in [6, 6.07) is 5.72. The van der Waals surface area contributed by atoms with Gasteiger partial charge in [-0.05, 0) is 40.1 Å². The zero-order chi connectivity index (χ0) is 18.0. The van der Waals surface area contributed by atoms with Gasteiger partial charge in [-0.1, -0.05) is 25.1 Å². The van der Waals surface area contributed by atoms with E-state index in [2.05, 4.69) is 45.1 Å². The van der Waals surface area contributed by atoms with Crippen LogP contribution >= 0.6 is 15.9 Å². The van der Waals surface area contributed by atoms with Crippen LogP contribution in [-0.4, -0.2) is 36.1 Å². The highest BCUT2D eigenvalue weighted by Crippen LogP contribution is 2.28. The average molecular weight is 405 g/mol. The Balaban J connectivity index is 1.96. The average Bonchev–Trinajstić information content (AvgIpc) is 3.20. The van der Waals surface area contributed by atoms with Gasteiger partial charge in [0.2, 0.25) is 0 Å². The number of nitrogens with one attached hydrogen (secondary N) is 2. The van der Waals surface area contributed by atoms with Gasteiger partial charge in [0, 0.05) is 10.5 Å². The van der Waals surface area contributed by atoms with Crippen LogP contribution in [0.15, 0.2) is 34.9 Å². The minimum Gasteiger partial charge on any atom is -0.340 e. The highest BCUT2D eigenvalue weighted by atomic mass is 79.9. The molecule has 0 saturated heterocycles. The maximum Gasteiger partial charge on any atom is 0.267 e. The molecule has 0 aliphatic rings. The number of carbonyl (C=O) groups excluding carboxylic acids is 1. The van der Waals surface area contributed by atoms with Crippen molar-refractivity contribution >= 4 is 38.9 Å². The van der Waals surface area contributed by atoms with E-state index in [4.69, 9.17) is 10.2 Å². The summed E-state index contributed by atoms with van der Waals surface area (Å²) in [6.07, 6.45) is 4.38. The molecule has 3 rings (SSSR count). The van der Waals surface area contributed by atoms with Gasteiger partial charge < -0.3 is 4.98 Å². The predicted octanol–water partition coefficient (Wildman–Crippen LogP) is 2.68. The smallest absolute Gasteiger partial charge is 0.267 e. The third-order valence-corrected chi connectivity index (χ3v) is 4.36. The molecule has 0 saturated carbocycles. The van der Waals surface area contributed by atoms with Gasteiger partial charge in [0.15, 0.2) is 0 Å². The molecule has 2 heterocycles. The molecule has 1 unspecified atom stereocenters. The summed E-state index contributed by atoms with van der Waals surface area (Å²) >= 11 is 3.51. The maximum absolute atomic E-state index is 11.1. The van der Waals surface area contributed by atoms with Gasteiger partial charge in [-0.3, -0.25) is 10.0 Å². The van der Waals surface area contributed by atoms with E-state index in [9.17, 15) is 4.79 Å². The summed E-state index contributed by atoms with van der Waals surface area (Å²) < 4.78 is 2.64. The zero-order valence-electron chi connectivity index (χ0n) is 13.6. The highest BCUT2D eigenvalue weighted by Gasteiger charge is 2.23. The number of aromatic nitrogens is 5. The lowest BCUT2D eigenvalue weighted by Gasteiger charge is -2.18. The van der Waals surface area contributed by atoms with Crippen molar-refractivity contribution in [3.63, 3.8) is 0 Å². The molecular formula is C16H17BrN6O2. The number of H-pyrrole nitrogens is 1. The first-order chi connectivity index (χ1) is 12.0. The molecule has 8 nitrogen and oxygen atoms in total. The maximum atomic E-state index is 11.1. The molecule has 0 bridgehead atoms. The van der Waals surface area contributed by atoms with Crippen molar-refractivity contribution in [3.8, 4) is 0 Å². The number of hydrogen-bond donors (Lipinski definition) is 3. The van der Waals surface area contributed by atoms with Crippen molar-refractivity contribution in [2.24, 2.45) is 5.92 Å². The lowest BCUT2D eigenvalue weighted by atomic mass is 10.0. The Morgan fingerprint density at radius 2 is 2.24 bits per heavy atom. The molecule has 9 heteroatoms. The molecule has 0 fully saturated rings. The second-order valence-corrected chi connectivity index (χ2v) is 6.73. The van der Waals surface area contributed by atoms with E-state index in [-0.39, 0.29) is 12.0 Å². The Kier molecular flexibility index (Phi) is 4.95. The van der Waals surface area contributed by atoms with Gasteiger partial charge in [0.25, 0.3) is 5.91 Å². The van der Waals surface area contributed by atoms with E-state index in [1.165, 1.54) is 17.6 Å². The van der Waals surface area contributed by atoms with Gasteiger partial charge in [0.1, 0.15) is 23.1 Å². The van der Waals surface area contributed by atoms with Gasteiger partial charge in [0.05, 0.1) is 11.7 Å². The fourth-order valence-electron chi connectivity index (χ4n) is 2.60. The van der Waals surface area contributed by atoms with Crippen molar-refractivity contribution < 1.29 is 10.0 Å². The topological polar surface area (TPSA) is 109 Å².